The van der Waals surface area contributed by atoms with E-state index in [1.165, 1.54) is 0 Å². The van der Waals surface area contributed by atoms with E-state index >= 15 is 0 Å². The van der Waals surface area contributed by atoms with E-state index in [4.69, 9.17) is 10.1 Å². The number of para-hydroxylation sites is 2. The van der Waals surface area contributed by atoms with Gasteiger partial charge in [-0.2, -0.15) is 0 Å². The second-order valence-electron chi connectivity index (χ2n) is 4.61. The van der Waals surface area contributed by atoms with Crippen molar-refractivity contribution in [1.82, 2.24) is 0 Å². The second-order valence-corrected chi connectivity index (χ2v) is 4.61. The first-order valence-electron chi connectivity index (χ1n) is 7.04. The highest BCUT2D eigenvalue weighted by atomic mass is 16.5. The lowest BCUT2D eigenvalue weighted by atomic mass is 10.1. The number of ether oxygens (including phenoxy) is 1. The van der Waals surface area contributed by atoms with Crippen LogP contribution in [0.5, 0.6) is 11.5 Å². The minimum absolute atomic E-state index is 0.0454. The molecule has 0 radical (unpaired) electrons. The quantitative estimate of drug-likeness (QED) is 0.680. The van der Waals surface area contributed by atoms with Crippen molar-refractivity contribution in [3.8, 4) is 11.5 Å². The van der Waals surface area contributed by atoms with Crippen molar-refractivity contribution < 1.29 is 9.84 Å². The van der Waals surface area contributed by atoms with Crippen LogP contribution in [0.3, 0.4) is 0 Å². The van der Waals surface area contributed by atoms with E-state index < -0.39 is 0 Å². The molecule has 110 valence electrons. The van der Waals surface area contributed by atoms with Crippen molar-refractivity contribution in [3.05, 3.63) is 54.1 Å². The predicted octanol–water partition coefficient (Wildman–Crippen LogP) is 3.66. The molecular weight excluding hydrogens is 264 g/mol. The zero-order valence-corrected chi connectivity index (χ0v) is 12.1. The van der Waals surface area contributed by atoms with Crippen molar-refractivity contribution in [3.63, 3.8) is 0 Å². The molecule has 0 aliphatic carbocycles. The Hall–Kier alpha value is -2.49. The van der Waals surface area contributed by atoms with Gasteiger partial charge in [-0.05, 0) is 31.2 Å². The summed E-state index contributed by atoms with van der Waals surface area (Å²) in [5.74, 6) is 0.472. The largest absolute Gasteiger partial charge is 0.504 e. The molecule has 2 aromatic carbocycles. The first-order valence-corrected chi connectivity index (χ1v) is 7.04. The highest BCUT2D eigenvalue weighted by molar-refractivity contribution is 6.01. The molecule has 0 aliphatic heterocycles. The number of benzene rings is 2. The molecule has 4 nitrogen and oxygen atoms in total. The van der Waals surface area contributed by atoms with E-state index in [1.54, 1.807) is 18.2 Å². The van der Waals surface area contributed by atoms with E-state index in [1.807, 2.05) is 37.3 Å². The van der Waals surface area contributed by atoms with Gasteiger partial charge in [0.2, 0.25) is 0 Å². The number of hydrogen-bond donors (Lipinski definition) is 3. The summed E-state index contributed by atoms with van der Waals surface area (Å²) in [6.45, 7) is 2.99. The molecular formula is C17H20N2O2. The summed E-state index contributed by atoms with van der Waals surface area (Å²) in [5, 5.41) is 21.5. The molecule has 0 heterocycles. The molecule has 0 fully saturated rings. The van der Waals surface area contributed by atoms with E-state index in [-0.39, 0.29) is 5.75 Å². The molecule has 0 saturated heterocycles. The highest BCUT2D eigenvalue weighted by Crippen LogP contribution is 2.30. The minimum Gasteiger partial charge on any atom is -0.504 e. The number of nitrogens with one attached hydrogen (secondary N) is 2. The second kappa shape index (κ2) is 7.33. The molecule has 0 bridgehead atoms. The molecule has 3 N–H and O–H groups in total. The monoisotopic (exact) mass is 284 g/mol. The lowest BCUT2D eigenvalue weighted by Crippen LogP contribution is -2.09. The van der Waals surface area contributed by atoms with Crippen LogP contribution in [0.15, 0.2) is 48.5 Å². The summed E-state index contributed by atoms with van der Waals surface area (Å²) in [4.78, 5) is 0. The maximum absolute atomic E-state index is 10.1. The smallest absolute Gasteiger partial charge is 0.166 e. The van der Waals surface area contributed by atoms with Crippen LogP contribution >= 0.6 is 0 Å². The van der Waals surface area contributed by atoms with Crippen molar-refractivity contribution in [2.24, 2.45) is 0 Å². The molecule has 21 heavy (non-hydrogen) atoms. The van der Waals surface area contributed by atoms with Gasteiger partial charge in [-0.1, -0.05) is 24.3 Å². The topological polar surface area (TPSA) is 65.3 Å². The van der Waals surface area contributed by atoms with Crippen LogP contribution in [0, 0.1) is 5.41 Å². The molecule has 0 atom stereocenters. The van der Waals surface area contributed by atoms with E-state index in [0.29, 0.717) is 36.6 Å². The molecule has 2 rings (SSSR count). The molecule has 0 spiro atoms. The van der Waals surface area contributed by atoms with Gasteiger partial charge in [0.05, 0.1) is 6.61 Å². The average Bonchev–Trinajstić information content (AvgIpc) is 2.50. The Morgan fingerprint density at radius 3 is 2.62 bits per heavy atom. The summed E-state index contributed by atoms with van der Waals surface area (Å²) >= 11 is 0. The van der Waals surface area contributed by atoms with Gasteiger partial charge in [0.25, 0.3) is 0 Å². The predicted molar refractivity (Wildman–Crippen MR) is 85.7 cm³/mol. The Kier molecular flexibility index (Phi) is 5.21. The van der Waals surface area contributed by atoms with Crippen LogP contribution in [0.2, 0.25) is 0 Å². The third kappa shape index (κ3) is 3.99. The molecule has 0 amide bonds. The first-order chi connectivity index (χ1) is 10.2. The van der Waals surface area contributed by atoms with Gasteiger partial charge < -0.3 is 20.6 Å². The zero-order chi connectivity index (χ0) is 15.1. The summed E-state index contributed by atoms with van der Waals surface area (Å²) in [6, 6.07) is 15.1. The van der Waals surface area contributed by atoms with Gasteiger partial charge in [0, 0.05) is 29.9 Å². The van der Waals surface area contributed by atoms with Gasteiger partial charge in [-0.25, -0.2) is 0 Å². The van der Waals surface area contributed by atoms with E-state index in [2.05, 4.69) is 5.32 Å². The highest BCUT2D eigenvalue weighted by Gasteiger charge is 2.11. The first kappa shape index (κ1) is 14.9. The van der Waals surface area contributed by atoms with E-state index in [9.17, 15) is 5.11 Å². The van der Waals surface area contributed by atoms with Gasteiger partial charge >= 0.3 is 0 Å². The molecule has 0 unspecified atom stereocenters. The summed E-state index contributed by atoms with van der Waals surface area (Å²) in [7, 11) is 0. The van der Waals surface area contributed by atoms with Crippen LogP contribution in [0.25, 0.3) is 0 Å². The number of phenolic OH excluding ortho intramolecular Hbond substituents is 1. The number of phenols is 1. The fourth-order valence-electron chi connectivity index (χ4n) is 2.06. The average molecular weight is 284 g/mol. The van der Waals surface area contributed by atoms with Crippen molar-refractivity contribution in [2.75, 3.05) is 18.5 Å². The van der Waals surface area contributed by atoms with Gasteiger partial charge in [0.15, 0.2) is 11.5 Å². The van der Waals surface area contributed by atoms with Crippen LogP contribution in [0.4, 0.5) is 5.69 Å². The Balaban J connectivity index is 1.96. The summed E-state index contributed by atoms with van der Waals surface area (Å²) < 4.78 is 5.34. The van der Waals surface area contributed by atoms with Crippen molar-refractivity contribution in [1.29, 1.82) is 5.41 Å². The summed E-state index contributed by atoms with van der Waals surface area (Å²) in [6.07, 6.45) is 0.526. The Bertz CT molecular complexity index is 597. The lowest BCUT2D eigenvalue weighted by molar-refractivity contribution is 0.318. The lowest BCUT2D eigenvalue weighted by Gasteiger charge is -2.11. The SMILES string of the molecule is CCOc1cccc(C(=N)CCNc2ccccc2)c1O. The van der Waals surface area contributed by atoms with Crippen LogP contribution in [-0.2, 0) is 0 Å². The van der Waals surface area contributed by atoms with Gasteiger partial charge in [0.1, 0.15) is 0 Å². The molecule has 4 heteroatoms. The number of anilines is 1. The fourth-order valence-corrected chi connectivity index (χ4v) is 2.06. The third-order valence-electron chi connectivity index (χ3n) is 3.10. The standard InChI is InChI=1S/C17H20N2O2/c1-2-21-16-10-6-9-14(17(16)20)15(18)11-12-19-13-7-4-3-5-8-13/h3-10,18-20H,2,11-12H2,1H3. The van der Waals surface area contributed by atoms with E-state index in [0.717, 1.165) is 5.69 Å². The molecule has 0 aliphatic rings. The van der Waals surface area contributed by atoms with Crippen molar-refractivity contribution >= 4 is 11.4 Å². The summed E-state index contributed by atoms with van der Waals surface area (Å²) in [5.41, 5.74) is 1.94. The molecule has 0 aromatic heterocycles. The Labute approximate surface area is 124 Å². The molecule has 0 saturated carbocycles. The fraction of sp³-hybridized carbons (Fsp3) is 0.235. The normalized spacial score (nSPS) is 10.1. The van der Waals surface area contributed by atoms with Crippen LogP contribution in [0.1, 0.15) is 18.9 Å². The van der Waals surface area contributed by atoms with Gasteiger partial charge in [-0.3, -0.25) is 0 Å². The number of rotatable bonds is 7. The maximum atomic E-state index is 10.1. The van der Waals surface area contributed by atoms with Crippen LogP contribution in [-0.4, -0.2) is 24.0 Å². The maximum Gasteiger partial charge on any atom is 0.166 e. The molecule has 2 aromatic rings. The van der Waals surface area contributed by atoms with Crippen molar-refractivity contribution in [2.45, 2.75) is 13.3 Å². The van der Waals surface area contributed by atoms with Crippen LogP contribution < -0.4 is 10.1 Å². The third-order valence-corrected chi connectivity index (χ3v) is 3.10. The number of hydrogen-bond acceptors (Lipinski definition) is 4. The minimum atomic E-state index is 0.0454. The Morgan fingerprint density at radius 1 is 1.14 bits per heavy atom. The number of aromatic hydroxyl groups is 1. The zero-order valence-electron chi connectivity index (χ0n) is 12.1. The van der Waals surface area contributed by atoms with Gasteiger partial charge in [-0.15, -0.1) is 0 Å². The Morgan fingerprint density at radius 2 is 1.90 bits per heavy atom.